The van der Waals surface area contributed by atoms with Gasteiger partial charge in [-0.2, -0.15) is 0 Å². The molecule has 24 heavy (non-hydrogen) atoms. The fourth-order valence-electron chi connectivity index (χ4n) is 2.30. The van der Waals surface area contributed by atoms with E-state index in [0.29, 0.717) is 24.4 Å². The van der Waals surface area contributed by atoms with Crippen LogP contribution in [0.5, 0.6) is 0 Å². The highest BCUT2D eigenvalue weighted by Gasteiger charge is 2.37. The second-order valence-electron chi connectivity index (χ2n) is 5.77. The molecule has 3 unspecified atom stereocenters. The molecule has 1 saturated heterocycles. The molecule has 1 fully saturated rings. The van der Waals surface area contributed by atoms with E-state index in [1.807, 2.05) is 19.1 Å². The van der Waals surface area contributed by atoms with Crippen LogP contribution in [0.3, 0.4) is 0 Å². The summed E-state index contributed by atoms with van der Waals surface area (Å²) >= 11 is 5.85. The molecule has 2 rings (SSSR count). The van der Waals surface area contributed by atoms with Gasteiger partial charge in [0.2, 0.25) is 0 Å². The predicted molar refractivity (Wildman–Crippen MR) is 87.1 cm³/mol. The fraction of sp³-hybridized carbons (Fsp3) is 0.500. The molecule has 1 heterocycles. The smallest absolute Gasteiger partial charge is 0.366 e. The number of aliphatic hydroxyl groups excluding tert-OH is 1. The molecule has 0 spiro atoms. The molecule has 0 aromatic heterocycles. The number of carbonyl (C=O) groups is 2. The van der Waals surface area contributed by atoms with Gasteiger partial charge >= 0.3 is 6.09 Å². The number of rotatable bonds is 7. The zero-order valence-corrected chi connectivity index (χ0v) is 14.1. The van der Waals surface area contributed by atoms with Crippen molar-refractivity contribution < 1.29 is 24.3 Å². The third-order valence-electron chi connectivity index (χ3n) is 3.72. The molecular weight excluding hydrogens is 336 g/mol. The summed E-state index contributed by atoms with van der Waals surface area (Å²) in [4.78, 5) is 27.4. The molecular formula is C16H21ClN2O5. The van der Waals surface area contributed by atoms with Crippen molar-refractivity contribution in [3.8, 4) is 0 Å². The zero-order chi connectivity index (χ0) is 17.5. The summed E-state index contributed by atoms with van der Waals surface area (Å²) in [6, 6.07) is 6.68. The average molecular weight is 357 g/mol. The molecule has 1 amide bonds. The van der Waals surface area contributed by atoms with Crippen molar-refractivity contribution in [1.82, 2.24) is 10.4 Å². The van der Waals surface area contributed by atoms with Crippen molar-refractivity contribution in [3.63, 3.8) is 0 Å². The Hall–Kier alpha value is -1.67. The quantitative estimate of drug-likeness (QED) is 0.723. The van der Waals surface area contributed by atoms with Crippen LogP contribution >= 0.6 is 11.6 Å². The first-order chi connectivity index (χ1) is 11.5. The maximum atomic E-state index is 11.8. The Bertz CT molecular complexity index is 554. The number of nitrogens with zero attached hydrogens (tertiary/aromatic N) is 1. The third kappa shape index (κ3) is 5.45. The van der Waals surface area contributed by atoms with Gasteiger partial charge < -0.3 is 24.8 Å². The molecule has 0 bridgehead atoms. The van der Waals surface area contributed by atoms with Crippen molar-refractivity contribution in [2.75, 3.05) is 13.3 Å². The summed E-state index contributed by atoms with van der Waals surface area (Å²) in [5.74, 6) is 0.0281. The van der Waals surface area contributed by atoms with Gasteiger partial charge in [0.05, 0.1) is 0 Å². The summed E-state index contributed by atoms with van der Waals surface area (Å²) in [5, 5.41) is 14.4. The minimum atomic E-state index is -1.05. The molecule has 1 aromatic rings. The topological polar surface area (TPSA) is 88.1 Å². The van der Waals surface area contributed by atoms with Gasteiger partial charge in [-0.05, 0) is 30.0 Å². The standard InChI is InChI=1S/C16H21ClN2O5/c1-11(6-7-20)9-18-16(22)24-19-10-23-15(21)14(19)8-12-2-4-13(17)5-3-12/h2-5,7,11,14-15,21H,6,8-10H2,1H3,(H,18,22). The second-order valence-corrected chi connectivity index (χ2v) is 6.20. The van der Waals surface area contributed by atoms with Crippen LogP contribution in [-0.4, -0.2) is 48.2 Å². The van der Waals surface area contributed by atoms with E-state index in [2.05, 4.69) is 5.32 Å². The second kappa shape index (κ2) is 8.98. The molecule has 0 saturated carbocycles. The largest absolute Gasteiger partial charge is 0.426 e. The lowest BCUT2D eigenvalue weighted by Crippen LogP contribution is -2.41. The zero-order valence-electron chi connectivity index (χ0n) is 13.4. The van der Waals surface area contributed by atoms with Gasteiger partial charge in [-0.3, -0.25) is 0 Å². The van der Waals surface area contributed by atoms with Crippen LogP contribution in [0.25, 0.3) is 0 Å². The van der Waals surface area contributed by atoms with Crippen LogP contribution < -0.4 is 5.32 Å². The lowest BCUT2D eigenvalue weighted by atomic mass is 10.1. The third-order valence-corrected chi connectivity index (χ3v) is 3.98. The van der Waals surface area contributed by atoms with E-state index in [0.717, 1.165) is 11.8 Å². The predicted octanol–water partition coefficient (Wildman–Crippen LogP) is 1.73. The lowest BCUT2D eigenvalue weighted by molar-refractivity contribution is -0.127. The maximum absolute atomic E-state index is 11.8. The van der Waals surface area contributed by atoms with E-state index < -0.39 is 18.4 Å². The Morgan fingerprint density at radius 3 is 2.92 bits per heavy atom. The number of carbonyl (C=O) groups excluding carboxylic acids is 2. The Labute approximate surface area is 145 Å². The molecule has 132 valence electrons. The first kappa shape index (κ1) is 18.7. The molecule has 0 radical (unpaired) electrons. The molecule has 3 atom stereocenters. The highest BCUT2D eigenvalue weighted by Crippen LogP contribution is 2.21. The van der Waals surface area contributed by atoms with Crippen molar-refractivity contribution in [2.45, 2.75) is 32.1 Å². The Kier molecular flexibility index (Phi) is 6.99. The Morgan fingerprint density at radius 1 is 1.54 bits per heavy atom. The van der Waals surface area contributed by atoms with Gasteiger partial charge in [0.15, 0.2) is 6.29 Å². The number of benzene rings is 1. The molecule has 7 nitrogen and oxygen atoms in total. The minimum absolute atomic E-state index is 0.0171. The van der Waals surface area contributed by atoms with Gasteiger partial charge in [-0.15, -0.1) is 5.06 Å². The number of halogens is 1. The number of hydrogen-bond acceptors (Lipinski definition) is 6. The van der Waals surface area contributed by atoms with Gasteiger partial charge in [-0.1, -0.05) is 30.7 Å². The molecule has 0 aliphatic carbocycles. The highest BCUT2D eigenvalue weighted by molar-refractivity contribution is 6.30. The summed E-state index contributed by atoms with van der Waals surface area (Å²) in [6.07, 6.45) is -0.0862. The van der Waals surface area contributed by atoms with E-state index in [4.69, 9.17) is 21.2 Å². The number of ether oxygens (including phenoxy) is 1. The normalized spacial score (nSPS) is 22.1. The maximum Gasteiger partial charge on any atom is 0.426 e. The van der Waals surface area contributed by atoms with Crippen LogP contribution in [0.2, 0.25) is 5.02 Å². The van der Waals surface area contributed by atoms with Crippen LogP contribution in [0.15, 0.2) is 24.3 Å². The number of aldehydes is 1. The SMILES string of the molecule is CC(CC=O)CNC(=O)ON1COC(O)C1Cc1ccc(Cl)cc1. The van der Waals surface area contributed by atoms with Gasteiger partial charge in [0.25, 0.3) is 0 Å². The summed E-state index contributed by atoms with van der Waals surface area (Å²) in [6.45, 7) is 2.16. The average Bonchev–Trinajstić information content (AvgIpc) is 2.88. The van der Waals surface area contributed by atoms with Crippen molar-refractivity contribution in [3.05, 3.63) is 34.9 Å². The number of aliphatic hydroxyl groups is 1. The molecule has 1 aromatic carbocycles. The molecule has 2 N–H and O–H groups in total. The monoisotopic (exact) mass is 356 g/mol. The minimum Gasteiger partial charge on any atom is -0.366 e. The van der Waals surface area contributed by atoms with Crippen molar-refractivity contribution in [2.24, 2.45) is 5.92 Å². The van der Waals surface area contributed by atoms with E-state index >= 15 is 0 Å². The molecule has 1 aliphatic rings. The summed E-state index contributed by atoms with van der Waals surface area (Å²) in [7, 11) is 0. The molecule has 1 aliphatic heterocycles. The first-order valence-corrected chi connectivity index (χ1v) is 8.07. The number of nitrogens with one attached hydrogen (secondary N) is 1. The van der Waals surface area contributed by atoms with Crippen LogP contribution in [0.1, 0.15) is 18.9 Å². The summed E-state index contributed by atoms with van der Waals surface area (Å²) < 4.78 is 5.14. The fourth-order valence-corrected chi connectivity index (χ4v) is 2.43. The van der Waals surface area contributed by atoms with Crippen LogP contribution in [0.4, 0.5) is 4.79 Å². The van der Waals surface area contributed by atoms with Gasteiger partial charge in [0.1, 0.15) is 19.1 Å². The number of hydroxylamine groups is 2. The van der Waals surface area contributed by atoms with Crippen LogP contribution in [-0.2, 0) is 20.8 Å². The van der Waals surface area contributed by atoms with Crippen molar-refractivity contribution in [1.29, 1.82) is 0 Å². The van der Waals surface area contributed by atoms with Gasteiger partial charge in [0, 0.05) is 18.0 Å². The highest BCUT2D eigenvalue weighted by atomic mass is 35.5. The van der Waals surface area contributed by atoms with E-state index in [-0.39, 0.29) is 12.6 Å². The van der Waals surface area contributed by atoms with Crippen LogP contribution in [0, 0.1) is 5.92 Å². The lowest BCUT2D eigenvalue weighted by Gasteiger charge is -2.22. The summed E-state index contributed by atoms with van der Waals surface area (Å²) in [5.41, 5.74) is 0.933. The van der Waals surface area contributed by atoms with E-state index in [1.165, 1.54) is 5.06 Å². The number of amides is 1. The van der Waals surface area contributed by atoms with Gasteiger partial charge in [-0.25, -0.2) is 4.79 Å². The Balaban J connectivity index is 1.87. The number of hydrogen-bond donors (Lipinski definition) is 2. The molecule has 8 heteroatoms. The first-order valence-electron chi connectivity index (χ1n) is 7.69. The Morgan fingerprint density at radius 2 is 2.25 bits per heavy atom. The van der Waals surface area contributed by atoms with E-state index in [9.17, 15) is 14.7 Å². The van der Waals surface area contributed by atoms with Crippen molar-refractivity contribution >= 4 is 24.0 Å². The van der Waals surface area contributed by atoms with E-state index in [1.54, 1.807) is 12.1 Å².